The van der Waals surface area contributed by atoms with Gasteiger partial charge in [0.1, 0.15) is 0 Å². The first-order valence-electron chi connectivity index (χ1n) is 4.59. The molecule has 0 aliphatic heterocycles. The first kappa shape index (κ1) is 11.0. The molecule has 1 heteroatoms. The number of hydrogen-bond donors (Lipinski definition) is 1. The molecular weight excluding hydrogens is 146 g/mol. The molecule has 0 atom stereocenters. The SMILES string of the molecule is CC.CCc1cc(C)ccc1N. The average Bonchev–Trinajstić information content (AvgIpc) is 2.13. The van der Waals surface area contributed by atoms with Crippen molar-refractivity contribution in [3.63, 3.8) is 0 Å². The molecule has 0 saturated carbocycles. The van der Waals surface area contributed by atoms with Crippen LogP contribution >= 0.6 is 0 Å². The Labute approximate surface area is 75.6 Å². The molecule has 0 aromatic heterocycles. The molecule has 0 fully saturated rings. The van der Waals surface area contributed by atoms with E-state index in [9.17, 15) is 0 Å². The van der Waals surface area contributed by atoms with Crippen LogP contribution < -0.4 is 5.73 Å². The van der Waals surface area contributed by atoms with Crippen molar-refractivity contribution in [2.75, 3.05) is 5.73 Å². The van der Waals surface area contributed by atoms with E-state index < -0.39 is 0 Å². The van der Waals surface area contributed by atoms with Crippen molar-refractivity contribution in [2.45, 2.75) is 34.1 Å². The van der Waals surface area contributed by atoms with Crippen LogP contribution in [0, 0.1) is 6.92 Å². The molecule has 0 saturated heterocycles. The van der Waals surface area contributed by atoms with E-state index in [4.69, 9.17) is 5.73 Å². The fourth-order valence-corrected chi connectivity index (χ4v) is 1.04. The summed E-state index contributed by atoms with van der Waals surface area (Å²) in [6, 6.07) is 6.14. The van der Waals surface area contributed by atoms with Crippen molar-refractivity contribution < 1.29 is 0 Å². The second-order valence-electron chi connectivity index (χ2n) is 2.56. The summed E-state index contributed by atoms with van der Waals surface area (Å²) >= 11 is 0. The lowest BCUT2D eigenvalue weighted by atomic mass is 10.1. The Morgan fingerprint density at radius 2 is 1.83 bits per heavy atom. The molecule has 68 valence electrons. The molecule has 0 heterocycles. The zero-order valence-electron chi connectivity index (χ0n) is 8.52. The summed E-state index contributed by atoms with van der Waals surface area (Å²) in [6.45, 7) is 8.20. The van der Waals surface area contributed by atoms with Crippen molar-refractivity contribution >= 4 is 5.69 Å². The first-order chi connectivity index (χ1) is 5.74. The quantitative estimate of drug-likeness (QED) is 0.635. The first-order valence-corrected chi connectivity index (χ1v) is 4.59. The summed E-state index contributed by atoms with van der Waals surface area (Å²) in [5, 5.41) is 0. The third kappa shape index (κ3) is 2.95. The molecule has 1 aromatic rings. The Hall–Kier alpha value is -0.980. The van der Waals surface area contributed by atoms with Crippen LogP contribution in [-0.4, -0.2) is 0 Å². The molecule has 12 heavy (non-hydrogen) atoms. The van der Waals surface area contributed by atoms with Crippen molar-refractivity contribution in [2.24, 2.45) is 0 Å². The molecule has 0 radical (unpaired) electrons. The van der Waals surface area contributed by atoms with Crippen molar-refractivity contribution in [3.8, 4) is 0 Å². The number of rotatable bonds is 1. The fourth-order valence-electron chi connectivity index (χ4n) is 1.04. The topological polar surface area (TPSA) is 26.0 Å². The molecule has 0 unspecified atom stereocenters. The fraction of sp³-hybridized carbons (Fsp3) is 0.455. The van der Waals surface area contributed by atoms with Gasteiger partial charge < -0.3 is 5.73 Å². The summed E-state index contributed by atoms with van der Waals surface area (Å²) in [7, 11) is 0. The highest BCUT2D eigenvalue weighted by Crippen LogP contribution is 2.13. The zero-order valence-corrected chi connectivity index (χ0v) is 8.52. The van der Waals surface area contributed by atoms with Crippen molar-refractivity contribution in [1.29, 1.82) is 0 Å². The average molecular weight is 165 g/mol. The monoisotopic (exact) mass is 165 g/mol. The van der Waals surface area contributed by atoms with E-state index in [1.54, 1.807) is 0 Å². The van der Waals surface area contributed by atoms with Crippen LogP contribution in [0.4, 0.5) is 5.69 Å². The van der Waals surface area contributed by atoms with E-state index in [1.165, 1.54) is 11.1 Å². The van der Waals surface area contributed by atoms with Crippen molar-refractivity contribution in [1.82, 2.24) is 0 Å². The summed E-state index contributed by atoms with van der Waals surface area (Å²) < 4.78 is 0. The molecule has 1 rings (SSSR count). The number of hydrogen-bond acceptors (Lipinski definition) is 1. The third-order valence-corrected chi connectivity index (χ3v) is 1.68. The summed E-state index contributed by atoms with van der Waals surface area (Å²) in [5.74, 6) is 0. The standard InChI is InChI=1S/C9H13N.C2H6/c1-3-8-6-7(2)4-5-9(8)10;1-2/h4-6H,3,10H2,1-2H3;1-2H3. The van der Waals surface area contributed by atoms with Crippen LogP contribution in [0.3, 0.4) is 0 Å². The van der Waals surface area contributed by atoms with Gasteiger partial charge in [0.2, 0.25) is 0 Å². The largest absolute Gasteiger partial charge is 0.399 e. The van der Waals surface area contributed by atoms with Gasteiger partial charge in [-0.3, -0.25) is 0 Å². The van der Waals surface area contributed by atoms with Gasteiger partial charge in [0.25, 0.3) is 0 Å². The van der Waals surface area contributed by atoms with Gasteiger partial charge in [-0.25, -0.2) is 0 Å². The Balaban J connectivity index is 0.000000561. The number of nitrogens with two attached hydrogens (primary N) is 1. The molecule has 0 aliphatic rings. The Morgan fingerprint density at radius 3 is 2.25 bits per heavy atom. The van der Waals surface area contributed by atoms with Crippen LogP contribution in [0.25, 0.3) is 0 Å². The molecule has 0 aliphatic carbocycles. The van der Waals surface area contributed by atoms with Gasteiger partial charge in [0, 0.05) is 5.69 Å². The number of aryl methyl sites for hydroxylation is 2. The van der Waals surface area contributed by atoms with E-state index in [2.05, 4.69) is 19.9 Å². The second kappa shape index (κ2) is 5.64. The molecule has 0 bridgehead atoms. The number of anilines is 1. The highest BCUT2D eigenvalue weighted by Gasteiger charge is 1.94. The molecule has 0 amide bonds. The number of benzene rings is 1. The molecular formula is C11H19N. The normalized spacial score (nSPS) is 8.67. The van der Waals surface area contributed by atoms with Crippen molar-refractivity contribution in [3.05, 3.63) is 29.3 Å². The Morgan fingerprint density at radius 1 is 1.25 bits per heavy atom. The maximum Gasteiger partial charge on any atom is 0.0346 e. The summed E-state index contributed by atoms with van der Waals surface area (Å²) in [6.07, 6.45) is 1.02. The molecule has 0 spiro atoms. The smallest absolute Gasteiger partial charge is 0.0346 e. The highest BCUT2D eigenvalue weighted by molar-refractivity contribution is 5.48. The van der Waals surface area contributed by atoms with Gasteiger partial charge in [0.15, 0.2) is 0 Å². The third-order valence-electron chi connectivity index (χ3n) is 1.68. The van der Waals surface area contributed by atoms with Gasteiger partial charge in [0.05, 0.1) is 0 Å². The molecule has 1 aromatic carbocycles. The zero-order chi connectivity index (χ0) is 9.56. The van der Waals surface area contributed by atoms with Gasteiger partial charge >= 0.3 is 0 Å². The number of nitrogen functional groups attached to an aromatic ring is 1. The minimum atomic E-state index is 0.910. The van der Waals surface area contributed by atoms with E-state index in [0.717, 1.165) is 12.1 Å². The van der Waals surface area contributed by atoms with Gasteiger partial charge in [-0.05, 0) is 25.0 Å². The lowest BCUT2D eigenvalue weighted by Gasteiger charge is -2.02. The van der Waals surface area contributed by atoms with Crippen LogP contribution in [0.1, 0.15) is 31.9 Å². The van der Waals surface area contributed by atoms with Gasteiger partial charge in [-0.1, -0.05) is 38.5 Å². The predicted octanol–water partition coefficient (Wildman–Crippen LogP) is 3.17. The minimum absolute atomic E-state index is 0.910. The Bertz CT molecular complexity index is 228. The highest BCUT2D eigenvalue weighted by atomic mass is 14.6. The van der Waals surface area contributed by atoms with E-state index in [0.29, 0.717) is 0 Å². The van der Waals surface area contributed by atoms with E-state index in [-0.39, 0.29) is 0 Å². The molecule has 1 nitrogen and oxygen atoms in total. The lowest BCUT2D eigenvalue weighted by Crippen LogP contribution is -1.92. The maximum atomic E-state index is 5.70. The van der Waals surface area contributed by atoms with Crippen LogP contribution in [-0.2, 0) is 6.42 Å². The van der Waals surface area contributed by atoms with Gasteiger partial charge in [-0.2, -0.15) is 0 Å². The van der Waals surface area contributed by atoms with Crippen LogP contribution in [0.15, 0.2) is 18.2 Å². The van der Waals surface area contributed by atoms with Crippen LogP contribution in [0.2, 0.25) is 0 Å². The summed E-state index contributed by atoms with van der Waals surface area (Å²) in [4.78, 5) is 0. The second-order valence-corrected chi connectivity index (χ2v) is 2.56. The van der Waals surface area contributed by atoms with E-state index in [1.807, 2.05) is 26.0 Å². The van der Waals surface area contributed by atoms with Crippen LogP contribution in [0.5, 0.6) is 0 Å². The molecule has 2 N–H and O–H groups in total. The lowest BCUT2D eigenvalue weighted by molar-refractivity contribution is 1.14. The van der Waals surface area contributed by atoms with E-state index >= 15 is 0 Å². The maximum absolute atomic E-state index is 5.70. The Kier molecular flexibility index (Phi) is 5.18. The minimum Gasteiger partial charge on any atom is -0.399 e. The summed E-state index contributed by atoms with van der Waals surface area (Å²) in [5.41, 5.74) is 9.14. The predicted molar refractivity (Wildman–Crippen MR) is 56.3 cm³/mol. The van der Waals surface area contributed by atoms with Gasteiger partial charge in [-0.15, -0.1) is 0 Å².